The molecule has 0 spiro atoms. The van der Waals surface area contributed by atoms with Gasteiger partial charge in [-0.25, -0.2) is 15.4 Å². The summed E-state index contributed by atoms with van der Waals surface area (Å²) >= 11 is 14.1. The van der Waals surface area contributed by atoms with Gasteiger partial charge >= 0.3 is 0 Å². The van der Waals surface area contributed by atoms with Gasteiger partial charge in [-0.05, 0) is 54.8 Å². The fourth-order valence-corrected chi connectivity index (χ4v) is 5.49. The van der Waals surface area contributed by atoms with Crippen molar-refractivity contribution in [2.45, 2.75) is 35.7 Å². The zero-order valence-electron chi connectivity index (χ0n) is 18.2. The Morgan fingerprint density at radius 1 is 0.879 bits per heavy atom. The van der Waals surface area contributed by atoms with Crippen LogP contribution in [-0.4, -0.2) is 30.5 Å². The van der Waals surface area contributed by atoms with E-state index in [1.54, 1.807) is 11.8 Å². The maximum Gasteiger partial charge on any atom is 0.110 e. The monoisotopic (exact) mass is 497 g/mol. The highest BCUT2D eigenvalue weighted by Crippen LogP contribution is 2.42. The second-order valence-corrected chi connectivity index (χ2v) is 10.2. The lowest BCUT2D eigenvalue weighted by atomic mass is 10.0. The summed E-state index contributed by atoms with van der Waals surface area (Å²) < 4.78 is 5.91. The van der Waals surface area contributed by atoms with Crippen molar-refractivity contribution >= 4 is 46.4 Å². The Hall–Kier alpha value is -1.86. The molecule has 0 aliphatic carbocycles. The standard InChI is InChI=1S/C26H25Cl2N3OS/c27-20-7-5-19(6-8-20)26-22-10-9-21(28)15-25(22)33-24-11-4-18(14-23(24)30-26)16-32-17-29-31-12-2-1-3-13-31/h4-11,14-15,29H,1-3,12-13,16-17H2. The summed E-state index contributed by atoms with van der Waals surface area (Å²) in [5.41, 5.74) is 8.39. The molecule has 2 aliphatic rings. The fraction of sp³-hybridized carbons (Fsp3) is 0.269. The first-order valence-corrected chi connectivity index (χ1v) is 12.7. The predicted molar refractivity (Wildman–Crippen MR) is 137 cm³/mol. The Labute approximate surface area is 208 Å². The minimum atomic E-state index is 0.509. The number of rotatable bonds is 6. The first kappa shape index (κ1) is 22.9. The number of benzene rings is 3. The van der Waals surface area contributed by atoms with E-state index >= 15 is 0 Å². The van der Waals surface area contributed by atoms with Crippen molar-refractivity contribution in [3.8, 4) is 0 Å². The van der Waals surface area contributed by atoms with Crippen molar-refractivity contribution < 1.29 is 4.74 Å². The minimum Gasteiger partial charge on any atom is -0.360 e. The van der Waals surface area contributed by atoms with Crippen LogP contribution in [0.15, 0.2) is 75.4 Å². The van der Waals surface area contributed by atoms with Gasteiger partial charge in [-0.2, -0.15) is 0 Å². The molecule has 0 saturated carbocycles. The second-order valence-electron chi connectivity index (χ2n) is 8.21. The average molecular weight is 498 g/mol. The first-order valence-electron chi connectivity index (χ1n) is 11.2. The zero-order valence-corrected chi connectivity index (χ0v) is 20.5. The van der Waals surface area contributed by atoms with E-state index in [4.69, 9.17) is 32.9 Å². The molecule has 3 aromatic rings. The number of ether oxygens (including phenoxy) is 1. The van der Waals surface area contributed by atoms with E-state index in [9.17, 15) is 0 Å². The molecule has 2 heterocycles. The molecular weight excluding hydrogens is 473 g/mol. The van der Waals surface area contributed by atoms with Crippen LogP contribution in [0.1, 0.15) is 36.0 Å². The highest BCUT2D eigenvalue weighted by molar-refractivity contribution is 7.99. The highest BCUT2D eigenvalue weighted by Gasteiger charge is 2.20. The SMILES string of the molecule is Clc1ccc(C2=Nc3cc(COCNN4CCCCC4)ccc3Sc3cc(Cl)ccc32)cc1. The average Bonchev–Trinajstić information content (AvgIpc) is 2.99. The molecule has 0 bridgehead atoms. The third kappa shape index (κ3) is 5.62. The van der Waals surface area contributed by atoms with Crippen molar-refractivity contribution in [2.24, 2.45) is 4.99 Å². The Kier molecular flexibility index (Phi) is 7.36. The van der Waals surface area contributed by atoms with Crippen LogP contribution in [0.25, 0.3) is 0 Å². The number of nitrogens with zero attached hydrogens (tertiary/aromatic N) is 2. The van der Waals surface area contributed by atoms with Gasteiger partial charge in [-0.1, -0.05) is 65.7 Å². The Bertz CT molecular complexity index is 1160. The quantitative estimate of drug-likeness (QED) is 0.227. The van der Waals surface area contributed by atoms with Crippen LogP contribution in [-0.2, 0) is 11.3 Å². The van der Waals surface area contributed by atoms with Crippen LogP contribution in [0.2, 0.25) is 10.0 Å². The molecule has 0 aromatic heterocycles. The van der Waals surface area contributed by atoms with E-state index in [1.807, 2.05) is 42.5 Å². The molecule has 7 heteroatoms. The van der Waals surface area contributed by atoms with Crippen LogP contribution in [0.5, 0.6) is 0 Å². The van der Waals surface area contributed by atoms with E-state index in [1.165, 1.54) is 19.3 Å². The number of hydrazine groups is 1. The summed E-state index contributed by atoms with van der Waals surface area (Å²) in [5.74, 6) is 0. The maximum absolute atomic E-state index is 6.33. The van der Waals surface area contributed by atoms with Crippen molar-refractivity contribution in [1.29, 1.82) is 0 Å². The Morgan fingerprint density at radius 2 is 1.67 bits per heavy atom. The molecule has 1 N–H and O–H groups in total. The highest BCUT2D eigenvalue weighted by atomic mass is 35.5. The Morgan fingerprint density at radius 3 is 2.48 bits per heavy atom. The Balaban J connectivity index is 1.39. The van der Waals surface area contributed by atoms with E-state index < -0.39 is 0 Å². The molecule has 0 amide bonds. The maximum atomic E-state index is 6.33. The number of piperidine rings is 1. The van der Waals surface area contributed by atoms with Gasteiger partial charge in [-0.15, -0.1) is 0 Å². The van der Waals surface area contributed by atoms with Gasteiger partial charge in [0.05, 0.1) is 18.0 Å². The summed E-state index contributed by atoms with van der Waals surface area (Å²) in [5, 5.41) is 3.67. The first-order chi connectivity index (χ1) is 16.2. The molecule has 5 rings (SSSR count). The lowest BCUT2D eigenvalue weighted by Crippen LogP contribution is -2.42. The summed E-state index contributed by atoms with van der Waals surface area (Å²) in [7, 11) is 0. The number of hydrogen-bond donors (Lipinski definition) is 1. The van der Waals surface area contributed by atoms with Crippen molar-refractivity contribution in [1.82, 2.24) is 10.4 Å². The molecule has 3 aromatic carbocycles. The van der Waals surface area contributed by atoms with Gasteiger partial charge in [0.15, 0.2) is 0 Å². The van der Waals surface area contributed by atoms with Crippen molar-refractivity contribution in [3.05, 3.63) is 87.4 Å². The van der Waals surface area contributed by atoms with Gasteiger partial charge in [-0.3, -0.25) is 0 Å². The number of halogens is 2. The molecule has 2 aliphatic heterocycles. The number of fused-ring (bicyclic) bond motifs is 2. The van der Waals surface area contributed by atoms with Crippen molar-refractivity contribution in [3.63, 3.8) is 0 Å². The van der Waals surface area contributed by atoms with Gasteiger partial charge in [0.1, 0.15) is 6.73 Å². The lowest BCUT2D eigenvalue weighted by molar-refractivity contribution is 0.0314. The zero-order chi connectivity index (χ0) is 22.6. The van der Waals surface area contributed by atoms with Crippen molar-refractivity contribution in [2.75, 3.05) is 19.8 Å². The van der Waals surface area contributed by atoms with Crippen LogP contribution < -0.4 is 5.43 Å². The second kappa shape index (κ2) is 10.6. The van der Waals surface area contributed by atoms with Crippen LogP contribution >= 0.6 is 35.0 Å². The molecule has 33 heavy (non-hydrogen) atoms. The molecule has 0 atom stereocenters. The fourth-order valence-electron chi connectivity index (χ4n) is 4.09. The van der Waals surface area contributed by atoms with Gasteiger partial charge in [0, 0.05) is 44.1 Å². The largest absolute Gasteiger partial charge is 0.360 e. The van der Waals surface area contributed by atoms with E-state index in [-0.39, 0.29) is 0 Å². The molecule has 1 saturated heterocycles. The third-order valence-electron chi connectivity index (χ3n) is 5.81. The van der Waals surface area contributed by atoms with Crippen LogP contribution in [0.3, 0.4) is 0 Å². The number of hydrogen-bond acceptors (Lipinski definition) is 5. The van der Waals surface area contributed by atoms with Crippen LogP contribution in [0, 0.1) is 0 Å². The number of aliphatic imine (C=N–C) groups is 1. The normalized spacial score (nSPS) is 16.0. The smallest absolute Gasteiger partial charge is 0.110 e. The summed E-state index contributed by atoms with van der Waals surface area (Å²) in [6.07, 6.45) is 3.81. The predicted octanol–water partition coefficient (Wildman–Crippen LogP) is 7.09. The molecular formula is C26H25Cl2N3OS. The molecule has 1 fully saturated rings. The molecule has 0 radical (unpaired) electrons. The van der Waals surface area contributed by atoms with Crippen LogP contribution in [0.4, 0.5) is 5.69 Å². The molecule has 170 valence electrons. The third-order valence-corrected chi connectivity index (χ3v) is 7.42. The topological polar surface area (TPSA) is 36.9 Å². The molecule has 0 unspecified atom stereocenters. The van der Waals surface area contributed by atoms with Gasteiger partial charge in [0.25, 0.3) is 0 Å². The number of nitrogens with one attached hydrogen (secondary N) is 1. The minimum absolute atomic E-state index is 0.509. The molecule has 4 nitrogen and oxygen atoms in total. The van der Waals surface area contributed by atoms with Gasteiger partial charge in [0.2, 0.25) is 0 Å². The lowest BCUT2D eigenvalue weighted by Gasteiger charge is -2.26. The van der Waals surface area contributed by atoms with Gasteiger partial charge < -0.3 is 4.74 Å². The summed E-state index contributed by atoms with van der Waals surface area (Å²) in [6.45, 7) is 3.22. The summed E-state index contributed by atoms with van der Waals surface area (Å²) in [4.78, 5) is 7.29. The summed E-state index contributed by atoms with van der Waals surface area (Å²) in [6, 6.07) is 20.1. The van der Waals surface area contributed by atoms with E-state index in [2.05, 4.69) is 28.6 Å². The van der Waals surface area contributed by atoms with E-state index in [0.717, 1.165) is 51.0 Å². The van der Waals surface area contributed by atoms with E-state index in [0.29, 0.717) is 23.4 Å².